The average molecular weight is 388 g/mol. The molecule has 0 radical (unpaired) electrons. The summed E-state index contributed by atoms with van der Waals surface area (Å²) in [7, 11) is 0. The van der Waals surface area contributed by atoms with Gasteiger partial charge < -0.3 is 4.90 Å². The van der Waals surface area contributed by atoms with Gasteiger partial charge in [-0.25, -0.2) is 8.78 Å². The molecule has 8 heteroatoms. The van der Waals surface area contributed by atoms with Crippen molar-refractivity contribution in [2.24, 2.45) is 11.8 Å². The Bertz CT molecular complexity index is 775. The molecule has 27 heavy (non-hydrogen) atoms. The second-order valence-corrected chi connectivity index (χ2v) is 8.19. The second-order valence-electron chi connectivity index (χ2n) is 8.19. The van der Waals surface area contributed by atoms with Crippen LogP contribution in [0.1, 0.15) is 47.3 Å². The highest BCUT2D eigenvalue weighted by molar-refractivity contribution is 5.99. The maximum absolute atomic E-state index is 13.7. The van der Waals surface area contributed by atoms with E-state index in [-0.39, 0.29) is 43.3 Å². The van der Waals surface area contributed by atoms with E-state index in [2.05, 4.69) is 0 Å². The lowest BCUT2D eigenvalue weighted by Gasteiger charge is -2.53. The predicted molar refractivity (Wildman–Crippen MR) is 88.3 cm³/mol. The van der Waals surface area contributed by atoms with E-state index in [1.807, 2.05) is 0 Å². The van der Waals surface area contributed by atoms with Gasteiger partial charge in [-0.1, -0.05) is 0 Å². The van der Waals surface area contributed by atoms with E-state index in [0.29, 0.717) is 12.0 Å². The largest absolute Gasteiger partial charge is 0.416 e. The molecule has 148 valence electrons. The number of halogens is 5. The Morgan fingerprint density at radius 3 is 2.33 bits per heavy atom. The van der Waals surface area contributed by atoms with Crippen LogP contribution < -0.4 is 0 Å². The molecule has 1 amide bonds. The third kappa shape index (κ3) is 2.92. The molecule has 2 atom stereocenters. The first kappa shape index (κ1) is 18.7. The summed E-state index contributed by atoms with van der Waals surface area (Å²) >= 11 is 0. The van der Waals surface area contributed by atoms with Gasteiger partial charge in [-0.05, 0) is 43.5 Å². The molecule has 3 fully saturated rings. The second kappa shape index (κ2) is 5.90. The van der Waals surface area contributed by atoms with Crippen LogP contribution in [0.2, 0.25) is 0 Å². The number of amides is 1. The minimum Gasteiger partial charge on any atom is -0.332 e. The highest BCUT2D eigenvalue weighted by Gasteiger charge is 2.60. The molecule has 3 nitrogen and oxygen atoms in total. The Labute approximate surface area is 154 Å². The van der Waals surface area contributed by atoms with E-state index in [1.165, 1.54) is 11.0 Å². The monoisotopic (exact) mass is 388 g/mol. The lowest BCUT2D eigenvalue weighted by atomic mass is 9.67. The van der Waals surface area contributed by atoms with Gasteiger partial charge in [0.2, 0.25) is 0 Å². The molecule has 2 unspecified atom stereocenters. The van der Waals surface area contributed by atoms with Crippen molar-refractivity contribution in [2.45, 2.75) is 51.5 Å². The van der Waals surface area contributed by atoms with Gasteiger partial charge in [0, 0.05) is 49.6 Å². The van der Waals surface area contributed by atoms with Crippen LogP contribution in [0.3, 0.4) is 0 Å². The Morgan fingerprint density at radius 2 is 1.81 bits per heavy atom. The van der Waals surface area contributed by atoms with Crippen LogP contribution in [-0.4, -0.2) is 40.8 Å². The van der Waals surface area contributed by atoms with E-state index in [4.69, 9.17) is 0 Å². The third-order valence-electron chi connectivity index (χ3n) is 6.08. The Balaban J connectivity index is 1.63. The lowest BCUT2D eigenvalue weighted by Crippen LogP contribution is -2.62. The van der Waals surface area contributed by atoms with E-state index in [9.17, 15) is 26.7 Å². The average Bonchev–Trinajstić information content (AvgIpc) is 2.90. The van der Waals surface area contributed by atoms with E-state index in [0.717, 1.165) is 6.07 Å². The first-order valence-electron chi connectivity index (χ1n) is 9.12. The topological polar surface area (TPSA) is 23.6 Å². The number of carbonyl (C=O) groups is 1. The molecule has 1 saturated carbocycles. The van der Waals surface area contributed by atoms with Crippen molar-refractivity contribution in [3.05, 3.63) is 34.4 Å². The SMILES string of the molecule is CC(C)N1Cc2c(cc(CN3CC4CC(C3)C4(F)F)cc2C(F)(F)F)C1=O. The van der Waals surface area contributed by atoms with Crippen LogP contribution in [0.25, 0.3) is 0 Å². The van der Waals surface area contributed by atoms with Crippen molar-refractivity contribution in [2.75, 3.05) is 13.1 Å². The number of benzene rings is 1. The van der Waals surface area contributed by atoms with Gasteiger partial charge in [0.15, 0.2) is 0 Å². The number of piperidine rings is 2. The number of alkyl halides is 5. The molecule has 1 aromatic rings. The molecule has 4 aliphatic rings. The van der Waals surface area contributed by atoms with Gasteiger partial charge in [-0.2, -0.15) is 13.2 Å². The Morgan fingerprint density at radius 1 is 1.19 bits per heavy atom. The molecule has 3 heterocycles. The molecular formula is C19H21F5N2O. The van der Waals surface area contributed by atoms with Gasteiger partial charge >= 0.3 is 6.18 Å². The summed E-state index contributed by atoms with van der Waals surface area (Å²) in [6, 6.07) is 2.38. The Hall–Kier alpha value is -1.70. The fourth-order valence-electron chi connectivity index (χ4n) is 4.56. The van der Waals surface area contributed by atoms with Crippen molar-refractivity contribution in [1.29, 1.82) is 0 Å². The van der Waals surface area contributed by atoms with Crippen LogP contribution in [0.15, 0.2) is 12.1 Å². The standard InChI is InChI=1S/C19H21F5N2O/c1-10(2)26-9-15-14(17(26)27)3-11(4-16(15)19(22,23)24)6-25-7-12-5-13(8-25)18(12,20)21/h3-4,10,12-13H,5-9H2,1-2H3. The molecule has 0 aromatic heterocycles. The third-order valence-corrected chi connectivity index (χ3v) is 6.08. The fourth-order valence-corrected chi connectivity index (χ4v) is 4.56. The number of hydrogen-bond acceptors (Lipinski definition) is 2. The number of fused-ring (bicyclic) bond motifs is 3. The maximum Gasteiger partial charge on any atom is 0.416 e. The summed E-state index contributed by atoms with van der Waals surface area (Å²) in [5, 5.41) is 0. The van der Waals surface area contributed by atoms with Gasteiger partial charge in [-0.3, -0.25) is 9.69 Å². The highest BCUT2D eigenvalue weighted by Crippen LogP contribution is 2.52. The number of carbonyl (C=O) groups excluding carboxylic acids is 1. The van der Waals surface area contributed by atoms with Crippen molar-refractivity contribution in [1.82, 2.24) is 9.80 Å². The minimum absolute atomic E-state index is 0.0120. The lowest BCUT2D eigenvalue weighted by molar-refractivity contribution is -0.227. The Kier molecular flexibility index (Phi) is 4.07. The molecule has 0 spiro atoms. The normalized spacial score (nSPS) is 27.1. The van der Waals surface area contributed by atoms with Gasteiger partial charge in [0.1, 0.15) is 0 Å². The van der Waals surface area contributed by atoms with Gasteiger partial charge in [0.05, 0.1) is 5.56 Å². The molecule has 3 aliphatic heterocycles. The van der Waals surface area contributed by atoms with Gasteiger partial charge in [0.25, 0.3) is 11.8 Å². The van der Waals surface area contributed by atoms with Crippen molar-refractivity contribution in [3.63, 3.8) is 0 Å². The molecule has 1 aromatic carbocycles. The fraction of sp³-hybridized carbons (Fsp3) is 0.632. The summed E-state index contributed by atoms with van der Waals surface area (Å²) in [5.74, 6) is -4.49. The zero-order valence-electron chi connectivity index (χ0n) is 15.1. The van der Waals surface area contributed by atoms with Crippen LogP contribution >= 0.6 is 0 Å². The number of nitrogens with zero attached hydrogens (tertiary/aromatic N) is 2. The van der Waals surface area contributed by atoms with Crippen LogP contribution in [0.4, 0.5) is 22.0 Å². The van der Waals surface area contributed by atoms with Gasteiger partial charge in [-0.15, -0.1) is 0 Å². The van der Waals surface area contributed by atoms with E-state index < -0.39 is 35.4 Å². The van der Waals surface area contributed by atoms with Crippen molar-refractivity contribution in [3.8, 4) is 0 Å². The predicted octanol–water partition coefficient (Wildman–Crippen LogP) is 4.16. The summed E-state index contributed by atoms with van der Waals surface area (Å²) in [5.41, 5.74) is -0.345. The molecule has 1 aliphatic carbocycles. The molecule has 0 N–H and O–H groups in total. The highest BCUT2D eigenvalue weighted by atomic mass is 19.4. The van der Waals surface area contributed by atoms with Crippen molar-refractivity contribution < 1.29 is 26.7 Å². The molecular weight excluding hydrogens is 367 g/mol. The molecule has 2 saturated heterocycles. The van der Waals surface area contributed by atoms with E-state index >= 15 is 0 Å². The quantitative estimate of drug-likeness (QED) is 0.726. The minimum atomic E-state index is -4.57. The first-order valence-corrected chi connectivity index (χ1v) is 9.12. The summed E-state index contributed by atoms with van der Waals surface area (Å²) in [6.45, 7) is 3.97. The number of hydrogen-bond donors (Lipinski definition) is 0. The summed E-state index contributed by atoms with van der Waals surface area (Å²) < 4.78 is 68.2. The number of rotatable bonds is 3. The van der Waals surface area contributed by atoms with Crippen LogP contribution in [-0.2, 0) is 19.3 Å². The van der Waals surface area contributed by atoms with Crippen LogP contribution in [0, 0.1) is 11.8 Å². The zero-order chi connectivity index (χ0) is 19.7. The molecule has 5 rings (SSSR count). The summed E-state index contributed by atoms with van der Waals surface area (Å²) in [4.78, 5) is 15.7. The summed E-state index contributed by atoms with van der Waals surface area (Å²) in [6.07, 6.45) is -4.09. The first-order chi connectivity index (χ1) is 12.5. The maximum atomic E-state index is 13.7. The smallest absolute Gasteiger partial charge is 0.332 e. The van der Waals surface area contributed by atoms with Crippen LogP contribution in [0.5, 0.6) is 0 Å². The molecule has 2 bridgehead atoms. The van der Waals surface area contributed by atoms with Crippen molar-refractivity contribution >= 4 is 5.91 Å². The zero-order valence-corrected chi connectivity index (χ0v) is 15.1. The van der Waals surface area contributed by atoms with E-state index in [1.54, 1.807) is 18.7 Å².